The van der Waals surface area contributed by atoms with Crippen molar-refractivity contribution in [3.8, 4) is 11.5 Å². The van der Waals surface area contributed by atoms with Gasteiger partial charge in [0.15, 0.2) is 0 Å². The Kier molecular flexibility index (Phi) is 3.70. The quantitative estimate of drug-likeness (QED) is 0.896. The molecule has 0 unspecified atom stereocenters. The molecule has 98 valence electrons. The summed E-state index contributed by atoms with van der Waals surface area (Å²) in [4.78, 5) is 11.8. The highest BCUT2D eigenvalue weighted by molar-refractivity contribution is 9.10. The zero-order chi connectivity index (χ0) is 13.3. The molecule has 1 aromatic carbocycles. The van der Waals surface area contributed by atoms with Crippen LogP contribution >= 0.6 is 15.9 Å². The molecule has 0 heterocycles. The maximum atomic E-state index is 12.3. The van der Waals surface area contributed by atoms with Gasteiger partial charge in [0, 0.05) is 10.5 Å². The number of nitrogens with one attached hydrogen (secondary N) is 1. The van der Waals surface area contributed by atoms with E-state index in [0.717, 1.165) is 12.8 Å². The highest BCUT2D eigenvalue weighted by Crippen LogP contribution is 2.34. The average Bonchev–Trinajstić information content (AvgIpc) is 2.98. The number of rotatable bonds is 4. The number of carbonyl (C=O) groups is 1. The molecule has 0 bridgehead atoms. The lowest BCUT2D eigenvalue weighted by molar-refractivity contribution is -0.0502. The van der Waals surface area contributed by atoms with Gasteiger partial charge >= 0.3 is 6.61 Å². The minimum absolute atomic E-state index is 0.0555. The minimum atomic E-state index is -3.06. The standard InChI is InChI=1S/C11H10BrF2NO3/c12-5-3-7(16)9(8(4-5)18-11(13)14)10(17)15-6-1-2-6/h3-4,6,11,16H,1-2H2,(H,15,17). The first-order valence-electron chi connectivity index (χ1n) is 5.25. The van der Waals surface area contributed by atoms with Crippen molar-refractivity contribution in [1.29, 1.82) is 0 Å². The Hall–Kier alpha value is -1.37. The van der Waals surface area contributed by atoms with E-state index in [2.05, 4.69) is 26.0 Å². The number of hydrogen-bond donors (Lipinski definition) is 2. The lowest BCUT2D eigenvalue weighted by Gasteiger charge is -2.12. The van der Waals surface area contributed by atoms with Crippen LogP contribution < -0.4 is 10.1 Å². The second-order valence-corrected chi connectivity index (χ2v) is 4.84. The van der Waals surface area contributed by atoms with Gasteiger partial charge in [-0.15, -0.1) is 0 Å². The Bertz CT molecular complexity index is 478. The van der Waals surface area contributed by atoms with E-state index >= 15 is 0 Å². The molecule has 1 aromatic rings. The zero-order valence-electron chi connectivity index (χ0n) is 9.12. The molecule has 2 rings (SSSR count). The Morgan fingerprint density at radius 3 is 2.72 bits per heavy atom. The topological polar surface area (TPSA) is 58.6 Å². The van der Waals surface area contributed by atoms with Crippen molar-refractivity contribution < 1.29 is 23.4 Å². The number of benzene rings is 1. The summed E-state index contributed by atoms with van der Waals surface area (Å²) in [5, 5.41) is 12.3. The van der Waals surface area contributed by atoms with E-state index < -0.39 is 18.3 Å². The number of halogens is 3. The fourth-order valence-electron chi connectivity index (χ4n) is 1.47. The number of phenolic OH excluding ortho intramolecular Hbond substituents is 1. The van der Waals surface area contributed by atoms with E-state index in [1.165, 1.54) is 12.1 Å². The lowest BCUT2D eigenvalue weighted by Crippen LogP contribution is -2.26. The van der Waals surface area contributed by atoms with Crippen LogP contribution in [0.25, 0.3) is 0 Å². The molecule has 7 heteroatoms. The second kappa shape index (κ2) is 5.09. The van der Waals surface area contributed by atoms with Gasteiger partial charge in [-0.3, -0.25) is 4.79 Å². The van der Waals surface area contributed by atoms with E-state index in [0.29, 0.717) is 4.47 Å². The molecule has 0 aliphatic heterocycles. The van der Waals surface area contributed by atoms with Crippen molar-refractivity contribution in [2.45, 2.75) is 25.5 Å². The maximum absolute atomic E-state index is 12.3. The molecule has 1 aliphatic carbocycles. The van der Waals surface area contributed by atoms with Crippen molar-refractivity contribution in [3.05, 3.63) is 22.2 Å². The van der Waals surface area contributed by atoms with Crippen molar-refractivity contribution in [1.82, 2.24) is 5.32 Å². The highest BCUT2D eigenvalue weighted by Gasteiger charge is 2.27. The molecular formula is C11H10BrF2NO3. The fraction of sp³-hybridized carbons (Fsp3) is 0.364. The van der Waals surface area contributed by atoms with Crippen LogP contribution in [0.3, 0.4) is 0 Å². The number of ether oxygens (including phenoxy) is 1. The van der Waals surface area contributed by atoms with Gasteiger partial charge in [-0.1, -0.05) is 15.9 Å². The number of amides is 1. The molecule has 0 saturated heterocycles. The summed E-state index contributed by atoms with van der Waals surface area (Å²) in [7, 11) is 0. The minimum Gasteiger partial charge on any atom is -0.507 e. The predicted molar refractivity (Wildman–Crippen MR) is 62.9 cm³/mol. The van der Waals surface area contributed by atoms with Crippen LogP contribution in [-0.2, 0) is 0 Å². The Balaban J connectivity index is 2.32. The molecule has 4 nitrogen and oxygen atoms in total. The van der Waals surface area contributed by atoms with E-state index in [4.69, 9.17) is 0 Å². The van der Waals surface area contributed by atoms with Crippen LogP contribution in [0.5, 0.6) is 11.5 Å². The van der Waals surface area contributed by atoms with Crippen LogP contribution in [-0.4, -0.2) is 23.7 Å². The summed E-state index contributed by atoms with van der Waals surface area (Å²) in [5.74, 6) is -1.37. The van der Waals surface area contributed by atoms with Gasteiger partial charge < -0.3 is 15.2 Å². The molecule has 1 saturated carbocycles. The molecule has 0 spiro atoms. The van der Waals surface area contributed by atoms with Crippen molar-refractivity contribution in [3.63, 3.8) is 0 Å². The fourth-order valence-corrected chi connectivity index (χ4v) is 1.90. The van der Waals surface area contributed by atoms with E-state index in [1.807, 2.05) is 0 Å². The first-order chi connectivity index (χ1) is 8.47. The molecule has 1 fully saturated rings. The molecular weight excluding hydrogens is 312 g/mol. The van der Waals surface area contributed by atoms with Crippen LogP contribution in [0.1, 0.15) is 23.2 Å². The number of alkyl halides is 2. The van der Waals surface area contributed by atoms with E-state index in [-0.39, 0.29) is 17.4 Å². The summed E-state index contributed by atoms with van der Waals surface area (Å²) < 4.78 is 29.1. The Morgan fingerprint density at radius 2 is 2.17 bits per heavy atom. The van der Waals surface area contributed by atoms with Gasteiger partial charge in [-0.25, -0.2) is 0 Å². The third-order valence-electron chi connectivity index (χ3n) is 2.40. The Labute approximate surface area is 110 Å². The number of aromatic hydroxyl groups is 1. The molecule has 18 heavy (non-hydrogen) atoms. The normalized spacial score (nSPS) is 14.7. The molecule has 1 aliphatic rings. The monoisotopic (exact) mass is 321 g/mol. The first-order valence-corrected chi connectivity index (χ1v) is 6.05. The van der Waals surface area contributed by atoms with Crippen LogP contribution in [0.2, 0.25) is 0 Å². The van der Waals surface area contributed by atoms with E-state index in [9.17, 15) is 18.7 Å². The van der Waals surface area contributed by atoms with Crippen LogP contribution in [0.15, 0.2) is 16.6 Å². The first kappa shape index (κ1) is 13.1. The maximum Gasteiger partial charge on any atom is 0.387 e. The van der Waals surface area contributed by atoms with E-state index in [1.54, 1.807) is 0 Å². The van der Waals surface area contributed by atoms with Crippen LogP contribution in [0, 0.1) is 0 Å². The molecule has 0 aromatic heterocycles. The number of hydrogen-bond acceptors (Lipinski definition) is 3. The van der Waals surface area contributed by atoms with Crippen molar-refractivity contribution in [2.75, 3.05) is 0 Å². The highest BCUT2D eigenvalue weighted by atomic mass is 79.9. The smallest absolute Gasteiger partial charge is 0.387 e. The van der Waals surface area contributed by atoms with Gasteiger partial charge in [-0.2, -0.15) is 8.78 Å². The molecule has 0 atom stereocenters. The number of carbonyl (C=O) groups excluding carboxylic acids is 1. The third kappa shape index (κ3) is 3.10. The third-order valence-corrected chi connectivity index (χ3v) is 2.86. The predicted octanol–water partition coefficient (Wildman–Crippen LogP) is 2.65. The molecule has 2 N–H and O–H groups in total. The summed E-state index contributed by atoms with van der Waals surface area (Å²) in [6, 6.07) is 2.52. The van der Waals surface area contributed by atoms with Gasteiger partial charge in [0.2, 0.25) is 0 Å². The van der Waals surface area contributed by atoms with Gasteiger partial charge in [0.1, 0.15) is 17.1 Å². The SMILES string of the molecule is O=C(NC1CC1)c1c(O)cc(Br)cc1OC(F)F. The molecule has 0 radical (unpaired) electrons. The summed E-state index contributed by atoms with van der Waals surface area (Å²) in [6.45, 7) is -3.06. The largest absolute Gasteiger partial charge is 0.507 e. The second-order valence-electron chi connectivity index (χ2n) is 3.92. The van der Waals surface area contributed by atoms with Crippen molar-refractivity contribution in [2.24, 2.45) is 0 Å². The van der Waals surface area contributed by atoms with Crippen molar-refractivity contribution >= 4 is 21.8 Å². The summed E-state index contributed by atoms with van der Waals surface area (Å²) >= 11 is 3.03. The summed E-state index contributed by atoms with van der Waals surface area (Å²) in [5.41, 5.74) is -0.273. The summed E-state index contributed by atoms with van der Waals surface area (Å²) in [6.07, 6.45) is 1.71. The van der Waals surface area contributed by atoms with Gasteiger partial charge in [0.05, 0.1) is 0 Å². The Morgan fingerprint density at radius 1 is 1.50 bits per heavy atom. The van der Waals surface area contributed by atoms with Gasteiger partial charge in [-0.05, 0) is 25.0 Å². The number of phenols is 1. The lowest BCUT2D eigenvalue weighted by atomic mass is 10.1. The molecule has 1 amide bonds. The zero-order valence-corrected chi connectivity index (χ0v) is 10.7. The van der Waals surface area contributed by atoms with Crippen LogP contribution in [0.4, 0.5) is 8.78 Å². The van der Waals surface area contributed by atoms with Gasteiger partial charge in [0.25, 0.3) is 5.91 Å². The average molecular weight is 322 g/mol.